The first-order chi connectivity index (χ1) is 17.2. The van der Waals surface area contributed by atoms with Gasteiger partial charge in [0.25, 0.3) is 0 Å². The molecule has 0 radical (unpaired) electrons. The van der Waals surface area contributed by atoms with E-state index in [1.165, 1.54) is 12.8 Å². The number of aryl methyl sites for hydroxylation is 1. The highest BCUT2D eigenvalue weighted by atomic mass is 16.5. The predicted molar refractivity (Wildman–Crippen MR) is 137 cm³/mol. The molecule has 2 unspecified atom stereocenters. The molecule has 186 valence electrons. The summed E-state index contributed by atoms with van der Waals surface area (Å²) < 4.78 is 8.21. The van der Waals surface area contributed by atoms with E-state index in [4.69, 9.17) is 10.5 Å². The van der Waals surface area contributed by atoms with E-state index in [1.54, 1.807) is 18.6 Å². The number of carbonyl (C=O) groups excluding carboxylic acids is 1. The lowest BCUT2D eigenvalue weighted by molar-refractivity contribution is -0.139. The first kappa shape index (κ1) is 24.1. The monoisotopic (exact) mass is 483 g/mol. The number of nitrogens with two attached hydrogens (primary N) is 1. The molecule has 5 rings (SSSR count). The van der Waals surface area contributed by atoms with Crippen LogP contribution in [0.15, 0.2) is 55.0 Å². The molecule has 2 N–H and O–H groups in total. The molecule has 0 bridgehead atoms. The zero-order valence-electron chi connectivity index (χ0n) is 21.2. The maximum absolute atomic E-state index is 13.5. The Balaban J connectivity index is 1.50. The molecule has 1 aliphatic carbocycles. The van der Waals surface area contributed by atoms with Crippen LogP contribution in [0.3, 0.4) is 0 Å². The Morgan fingerprint density at radius 1 is 1.25 bits per heavy atom. The van der Waals surface area contributed by atoms with Crippen LogP contribution in [-0.4, -0.2) is 34.0 Å². The number of rotatable bonds is 7. The van der Waals surface area contributed by atoms with Crippen LogP contribution in [0.2, 0.25) is 0 Å². The molecule has 2 aromatic carbocycles. The van der Waals surface area contributed by atoms with Gasteiger partial charge >= 0.3 is 0 Å². The van der Waals surface area contributed by atoms with Crippen LogP contribution in [0.4, 0.5) is 0 Å². The Kier molecular flexibility index (Phi) is 6.09. The van der Waals surface area contributed by atoms with Crippen molar-refractivity contribution in [1.29, 1.82) is 5.26 Å². The van der Waals surface area contributed by atoms with Crippen molar-refractivity contribution in [2.75, 3.05) is 13.6 Å². The number of hydrogen-bond acceptors (Lipinski definition) is 5. The third-order valence-electron chi connectivity index (χ3n) is 7.85. The second-order valence-corrected chi connectivity index (χ2v) is 10.6. The van der Waals surface area contributed by atoms with Gasteiger partial charge in [-0.05, 0) is 67.5 Å². The number of aromatic nitrogens is 2. The van der Waals surface area contributed by atoms with Crippen LogP contribution >= 0.6 is 0 Å². The molecule has 0 spiro atoms. The van der Waals surface area contributed by atoms with Gasteiger partial charge in [-0.25, -0.2) is 4.98 Å². The van der Waals surface area contributed by atoms with E-state index < -0.39 is 11.0 Å². The molecule has 7 heteroatoms. The number of nitriles is 1. The van der Waals surface area contributed by atoms with Crippen molar-refractivity contribution >= 4 is 5.91 Å². The number of hydrogen-bond donors (Lipinski definition) is 1. The van der Waals surface area contributed by atoms with Crippen molar-refractivity contribution in [3.05, 3.63) is 77.4 Å². The Hall–Kier alpha value is -3.63. The molecular formula is C29H33N5O2. The number of likely N-dealkylation sites (tertiary alicyclic amines) is 1. The smallest absolute Gasteiger partial charge is 0.232 e. The van der Waals surface area contributed by atoms with Gasteiger partial charge in [-0.1, -0.05) is 31.0 Å². The van der Waals surface area contributed by atoms with Gasteiger partial charge < -0.3 is 19.9 Å². The standard InChI is InChI=1S/C29H33N5O2/c1-28(31,26-18-32-19-34(26)3)22-11-10-21(17-30)25(15-22)36-24-7-4-6-23(14-24)29(16-20-8-9-20)12-5-13-33(2)27(29)35/h4,6-7,10-11,14-15,18-20H,5,8-9,12-13,16,31H2,1-3H3. The van der Waals surface area contributed by atoms with Gasteiger partial charge in [0, 0.05) is 20.6 Å². The van der Waals surface area contributed by atoms with E-state index >= 15 is 0 Å². The SMILES string of the molecule is CN1CCCC(CC2CC2)(c2cccc(Oc3cc(C(C)(N)c4cncn4C)ccc3C#N)c2)C1=O. The highest BCUT2D eigenvalue weighted by Gasteiger charge is 2.47. The first-order valence-electron chi connectivity index (χ1n) is 12.6. The number of benzene rings is 2. The minimum atomic E-state index is -0.827. The van der Waals surface area contributed by atoms with E-state index in [1.807, 2.05) is 66.9 Å². The zero-order valence-corrected chi connectivity index (χ0v) is 21.2. The van der Waals surface area contributed by atoms with Gasteiger partial charge in [-0.2, -0.15) is 5.26 Å². The molecular weight excluding hydrogens is 450 g/mol. The number of imidazole rings is 1. The highest BCUT2D eigenvalue weighted by molar-refractivity contribution is 5.89. The summed E-state index contributed by atoms with van der Waals surface area (Å²) in [5, 5.41) is 9.76. The van der Waals surface area contributed by atoms with Crippen LogP contribution in [0.5, 0.6) is 11.5 Å². The van der Waals surface area contributed by atoms with E-state index in [-0.39, 0.29) is 5.91 Å². The average Bonchev–Trinajstić information content (AvgIpc) is 3.57. The third kappa shape index (κ3) is 4.27. The second kappa shape index (κ2) is 9.11. The Bertz CT molecular complexity index is 1330. The van der Waals surface area contributed by atoms with Crippen molar-refractivity contribution in [3.63, 3.8) is 0 Å². The topological polar surface area (TPSA) is 97.2 Å². The van der Waals surface area contributed by atoms with E-state index in [2.05, 4.69) is 11.1 Å². The van der Waals surface area contributed by atoms with Crippen LogP contribution < -0.4 is 10.5 Å². The fraction of sp³-hybridized carbons (Fsp3) is 0.414. The molecule has 1 saturated carbocycles. The quantitative estimate of drug-likeness (QED) is 0.530. The number of ether oxygens (including phenoxy) is 1. The molecule has 2 aliphatic rings. The number of likely N-dealkylation sites (N-methyl/N-ethyl adjacent to an activating group) is 1. The Morgan fingerprint density at radius 3 is 2.75 bits per heavy atom. The molecule has 1 amide bonds. The number of nitrogens with zero attached hydrogens (tertiary/aromatic N) is 4. The summed E-state index contributed by atoms with van der Waals surface area (Å²) in [6.45, 7) is 2.72. The maximum Gasteiger partial charge on any atom is 0.232 e. The summed E-state index contributed by atoms with van der Waals surface area (Å²) in [6.07, 6.45) is 8.58. The average molecular weight is 484 g/mol. The highest BCUT2D eigenvalue weighted by Crippen LogP contribution is 2.47. The van der Waals surface area contributed by atoms with Crippen molar-refractivity contribution in [1.82, 2.24) is 14.5 Å². The van der Waals surface area contributed by atoms with Gasteiger partial charge in [0.05, 0.1) is 34.7 Å². The van der Waals surface area contributed by atoms with Crippen LogP contribution in [0, 0.1) is 17.2 Å². The Labute approximate surface area is 212 Å². The Morgan fingerprint density at radius 2 is 2.06 bits per heavy atom. The molecule has 2 heterocycles. The summed E-state index contributed by atoms with van der Waals surface area (Å²) in [5.41, 5.74) is 8.48. The minimum Gasteiger partial charge on any atom is -0.456 e. The number of carbonyl (C=O) groups is 1. The van der Waals surface area contributed by atoms with Gasteiger partial charge in [0.1, 0.15) is 17.6 Å². The fourth-order valence-electron chi connectivity index (χ4n) is 5.59. The van der Waals surface area contributed by atoms with Crippen molar-refractivity contribution < 1.29 is 9.53 Å². The molecule has 2 fully saturated rings. The van der Waals surface area contributed by atoms with Crippen molar-refractivity contribution in [3.8, 4) is 17.6 Å². The first-order valence-corrected chi connectivity index (χ1v) is 12.6. The second-order valence-electron chi connectivity index (χ2n) is 10.6. The summed E-state index contributed by atoms with van der Waals surface area (Å²) >= 11 is 0. The maximum atomic E-state index is 13.5. The number of amides is 1. The third-order valence-corrected chi connectivity index (χ3v) is 7.85. The largest absolute Gasteiger partial charge is 0.456 e. The van der Waals surface area contributed by atoms with Crippen molar-refractivity contribution in [2.45, 2.75) is 50.0 Å². The van der Waals surface area contributed by atoms with Crippen LogP contribution in [-0.2, 0) is 22.8 Å². The summed E-state index contributed by atoms with van der Waals surface area (Å²) in [5.74, 6) is 1.86. The van der Waals surface area contributed by atoms with E-state index in [9.17, 15) is 10.1 Å². The van der Waals surface area contributed by atoms with Crippen LogP contribution in [0.1, 0.15) is 61.4 Å². The number of piperidine rings is 1. The van der Waals surface area contributed by atoms with Crippen LogP contribution in [0.25, 0.3) is 0 Å². The molecule has 1 aromatic heterocycles. The molecule has 7 nitrogen and oxygen atoms in total. The predicted octanol–water partition coefficient (Wildman–Crippen LogP) is 4.60. The normalized spacial score (nSPS) is 21.6. The van der Waals surface area contributed by atoms with Gasteiger partial charge in [-0.15, -0.1) is 0 Å². The fourth-order valence-corrected chi connectivity index (χ4v) is 5.59. The molecule has 2 atom stereocenters. The van der Waals surface area contributed by atoms with E-state index in [0.29, 0.717) is 23.0 Å². The minimum absolute atomic E-state index is 0.201. The molecule has 36 heavy (non-hydrogen) atoms. The summed E-state index contributed by atoms with van der Waals surface area (Å²) in [6, 6.07) is 15.5. The summed E-state index contributed by atoms with van der Waals surface area (Å²) in [4.78, 5) is 19.6. The zero-order chi connectivity index (χ0) is 25.5. The van der Waals surface area contributed by atoms with Crippen molar-refractivity contribution in [2.24, 2.45) is 18.7 Å². The van der Waals surface area contributed by atoms with Gasteiger partial charge in [-0.3, -0.25) is 4.79 Å². The van der Waals surface area contributed by atoms with Gasteiger partial charge in [0.15, 0.2) is 0 Å². The lowest BCUT2D eigenvalue weighted by atomic mass is 9.70. The summed E-state index contributed by atoms with van der Waals surface area (Å²) in [7, 11) is 3.81. The molecule has 3 aromatic rings. The molecule has 1 saturated heterocycles. The lowest BCUT2D eigenvalue weighted by Gasteiger charge is -2.41. The van der Waals surface area contributed by atoms with Gasteiger partial charge in [0.2, 0.25) is 5.91 Å². The van der Waals surface area contributed by atoms with E-state index in [0.717, 1.165) is 42.6 Å². The molecule has 1 aliphatic heterocycles. The lowest BCUT2D eigenvalue weighted by Crippen LogP contribution is -2.50.